The van der Waals surface area contributed by atoms with Gasteiger partial charge in [0.25, 0.3) is 0 Å². The predicted octanol–water partition coefficient (Wildman–Crippen LogP) is 3.15. The molecule has 0 aliphatic heterocycles. The van der Waals surface area contributed by atoms with E-state index in [2.05, 4.69) is 5.10 Å². The molecule has 1 aromatic heterocycles. The summed E-state index contributed by atoms with van der Waals surface area (Å²) >= 11 is 0. The van der Waals surface area contributed by atoms with E-state index in [0.717, 1.165) is 16.9 Å². The molecule has 2 aromatic carbocycles. The topological polar surface area (TPSA) is 38.1 Å². The van der Waals surface area contributed by atoms with Crippen LogP contribution in [0.4, 0.5) is 0 Å². The molecule has 1 N–H and O–H groups in total. The first-order chi connectivity index (χ1) is 9.84. The van der Waals surface area contributed by atoms with E-state index in [1.807, 2.05) is 66.7 Å². The molecule has 0 bridgehead atoms. The number of benzene rings is 2. The zero-order valence-electron chi connectivity index (χ0n) is 11.1. The third kappa shape index (κ3) is 2.63. The summed E-state index contributed by atoms with van der Waals surface area (Å²) in [5.41, 5.74) is 2.88. The van der Waals surface area contributed by atoms with Gasteiger partial charge in [0.1, 0.15) is 6.10 Å². The average molecular weight is 264 g/mol. The quantitative estimate of drug-likeness (QED) is 0.786. The number of para-hydroxylation sites is 1. The molecule has 1 atom stereocenters. The number of nitrogens with zero attached hydrogens (tertiary/aromatic N) is 2. The van der Waals surface area contributed by atoms with E-state index in [1.54, 1.807) is 10.9 Å². The fourth-order valence-corrected chi connectivity index (χ4v) is 2.29. The van der Waals surface area contributed by atoms with E-state index in [1.165, 1.54) is 0 Å². The van der Waals surface area contributed by atoms with Gasteiger partial charge in [0.2, 0.25) is 0 Å². The van der Waals surface area contributed by atoms with E-state index in [-0.39, 0.29) is 0 Å². The lowest BCUT2D eigenvalue weighted by molar-refractivity contribution is 0.170. The first kappa shape index (κ1) is 12.6. The molecular weight excluding hydrogens is 248 g/mol. The maximum absolute atomic E-state index is 10.4. The van der Waals surface area contributed by atoms with Crippen molar-refractivity contribution in [3.63, 3.8) is 0 Å². The van der Waals surface area contributed by atoms with Crippen molar-refractivity contribution in [2.24, 2.45) is 0 Å². The predicted molar refractivity (Wildman–Crippen MR) is 78.7 cm³/mol. The SMILES string of the molecule is OC(Cc1ccccc1)c1ccnn1-c1ccccc1. The molecule has 3 heteroatoms. The standard InChI is InChI=1S/C17H16N2O/c20-17(13-14-7-3-1-4-8-14)16-11-12-18-19(16)15-9-5-2-6-10-15/h1-12,17,20H,13H2. The van der Waals surface area contributed by atoms with E-state index < -0.39 is 6.10 Å². The van der Waals surface area contributed by atoms with Crippen LogP contribution in [-0.2, 0) is 6.42 Å². The van der Waals surface area contributed by atoms with Crippen molar-refractivity contribution in [1.29, 1.82) is 0 Å². The molecule has 3 aromatic rings. The Morgan fingerprint density at radius 1 is 0.900 bits per heavy atom. The largest absolute Gasteiger partial charge is 0.386 e. The Kier molecular flexibility index (Phi) is 3.61. The molecular formula is C17H16N2O. The van der Waals surface area contributed by atoms with Gasteiger partial charge in [0, 0.05) is 12.6 Å². The molecule has 0 spiro atoms. The van der Waals surface area contributed by atoms with E-state index in [4.69, 9.17) is 0 Å². The second-order valence-corrected chi connectivity index (χ2v) is 4.71. The molecule has 0 amide bonds. The lowest BCUT2D eigenvalue weighted by atomic mass is 10.1. The van der Waals surface area contributed by atoms with Crippen LogP contribution in [0.15, 0.2) is 72.9 Å². The molecule has 0 saturated heterocycles. The van der Waals surface area contributed by atoms with Gasteiger partial charge in [-0.1, -0.05) is 48.5 Å². The average Bonchev–Trinajstić information content (AvgIpc) is 2.99. The third-order valence-electron chi connectivity index (χ3n) is 3.29. The maximum Gasteiger partial charge on any atom is 0.100 e. The van der Waals surface area contributed by atoms with Crippen molar-refractivity contribution >= 4 is 0 Å². The van der Waals surface area contributed by atoms with Gasteiger partial charge in [-0.05, 0) is 23.8 Å². The molecule has 20 heavy (non-hydrogen) atoms. The highest BCUT2D eigenvalue weighted by atomic mass is 16.3. The summed E-state index contributed by atoms with van der Waals surface area (Å²) < 4.78 is 1.79. The second-order valence-electron chi connectivity index (χ2n) is 4.71. The molecule has 0 radical (unpaired) electrons. The molecule has 0 aliphatic carbocycles. The molecule has 0 aliphatic rings. The fraction of sp³-hybridized carbons (Fsp3) is 0.118. The fourth-order valence-electron chi connectivity index (χ4n) is 2.29. The third-order valence-corrected chi connectivity index (χ3v) is 3.29. The van der Waals surface area contributed by atoms with Crippen molar-refractivity contribution in [1.82, 2.24) is 9.78 Å². The van der Waals surface area contributed by atoms with Gasteiger partial charge in [-0.15, -0.1) is 0 Å². The van der Waals surface area contributed by atoms with Crippen LogP contribution in [0.2, 0.25) is 0 Å². The van der Waals surface area contributed by atoms with Crippen molar-refractivity contribution < 1.29 is 5.11 Å². The van der Waals surface area contributed by atoms with Crippen molar-refractivity contribution in [3.05, 3.63) is 84.2 Å². The van der Waals surface area contributed by atoms with Crippen LogP contribution in [-0.4, -0.2) is 14.9 Å². The molecule has 100 valence electrons. The summed E-state index contributed by atoms with van der Waals surface area (Å²) in [4.78, 5) is 0. The van der Waals surface area contributed by atoms with Crippen LogP contribution in [0.1, 0.15) is 17.4 Å². The Hall–Kier alpha value is -2.39. The van der Waals surface area contributed by atoms with Crippen LogP contribution in [0.5, 0.6) is 0 Å². The number of hydrogen-bond acceptors (Lipinski definition) is 2. The number of hydrogen-bond donors (Lipinski definition) is 1. The second kappa shape index (κ2) is 5.72. The summed E-state index contributed by atoms with van der Waals surface area (Å²) in [7, 11) is 0. The van der Waals surface area contributed by atoms with Crippen molar-refractivity contribution in [2.75, 3.05) is 0 Å². The number of aromatic nitrogens is 2. The summed E-state index contributed by atoms with van der Waals surface area (Å²) in [5.74, 6) is 0. The Morgan fingerprint density at radius 3 is 2.25 bits per heavy atom. The summed E-state index contributed by atoms with van der Waals surface area (Å²) in [5, 5.41) is 14.7. The molecule has 0 saturated carbocycles. The van der Waals surface area contributed by atoms with Gasteiger partial charge in [0.05, 0.1) is 11.4 Å². The molecule has 1 unspecified atom stereocenters. The highest BCUT2D eigenvalue weighted by molar-refractivity contribution is 5.33. The van der Waals surface area contributed by atoms with Crippen LogP contribution in [0.25, 0.3) is 5.69 Å². The van der Waals surface area contributed by atoms with E-state index in [0.29, 0.717) is 6.42 Å². The molecule has 3 nitrogen and oxygen atoms in total. The van der Waals surface area contributed by atoms with Gasteiger partial charge in [0.15, 0.2) is 0 Å². The Balaban J connectivity index is 1.86. The number of aliphatic hydroxyl groups is 1. The number of aliphatic hydroxyl groups excluding tert-OH is 1. The normalized spacial score (nSPS) is 12.2. The Labute approximate surface area is 118 Å². The summed E-state index contributed by atoms with van der Waals surface area (Å²) in [6, 6.07) is 21.7. The van der Waals surface area contributed by atoms with Gasteiger partial charge < -0.3 is 5.11 Å². The molecule has 0 fully saturated rings. The zero-order chi connectivity index (χ0) is 13.8. The van der Waals surface area contributed by atoms with Gasteiger partial charge >= 0.3 is 0 Å². The van der Waals surface area contributed by atoms with Crippen LogP contribution in [0, 0.1) is 0 Å². The lowest BCUT2D eigenvalue weighted by Gasteiger charge is -2.13. The van der Waals surface area contributed by atoms with E-state index >= 15 is 0 Å². The minimum Gasteiger partial charge on any atom is -0.386 e. The maximum atomic E-state index is 10.4. The lowest BCUT2D eigenvalue weighted by Crippen LogP contribution is -2.09. The first-order valence-electron chi connectivity index (χ1n) is 6.66. The zero-order valence-corrected chi connectivity index (χ0v) is 11.1. The molecule has 1 heterocycles. The van der Waals surface area contributed by atoms with Crippen LogP contribution < -0.4 is 0 Å². The number of rotatable bonds is 4. The summed E-state index contributed by atoms with van der Waals surface area (Å²) in [6.07, 6.45) is 1.73. The smallest absolute Gasteiger partial charge is 0.100 e. The van der Waals surface area contributed by atoms with Gasteiger partial charge in [-0.25, -0.2) is 4.68 Å². The summed E-state index contributed by atoms with van der Waals surface area (Å²) in [6.45, 7) is 0. The highest BCUT2D eigenvalue weighted by Crippen LogP contribution is 2.20. The Bertz CT molecular complexity index is 662. The highest BCUT2D eigenvalue weighted by Gasteiger charge is 2.14. The van der Waals surface area contributed by atoms with Gasteiger partial charge in [-0.3, -0.25) is 0 Å². The minimum atomic E-state index is -0.569. The van der Waals surface area contributed by atoms with Crippen LogP contribution in [0.3, 0.4) is 0 Å². The Morgan fingerprint density at radius 2 is 1.55 bits per heavy atom. The molecule has 3 rings (SSSR count). The first-order valence-corrected chi connectivity index (χ1v) is 6.66. The van der Waals surface area contributed by atoms with Crippen molar-refractivity contribution in [3.8, 4) is 5.69 Å². The van der Waals surface area contributed by atoms with Crippen molar-refractivity contribution in [2.45, 2.75) is 12.5 Å². The van der Waals surface area contributed by atoms with Crippen LogP contribution >= 0.6 is 0 Å². The minimum absolute atomic E-state index is 0.569. The monoisotopic (exact) mass is 264 g/mol. The van der Waals surface area contributed by atoms with Gasteiger partial charge in [-0.2, -0.15) is 5.10 Å². The van der Waals surface area contributed by atoms with E-state index in [9.17, 15) is 5.11 Å².